The Labute approximate surface area is 164 Å². The Kier molecular flexibility index (Phi) is 7.80. The molecule has 6 nitrogen and oxygen atoms in total. The lowest BCUT2D eigenvalue weighted by Gasteiger charge is -2.18. The zero-order chi connectivity index (χ0) is 20.5. The van der Waals surface area contributed by atoms with Crippen LogP contribution < -0.4 is 20.7 Å². The molecule has 7 heteroatoms. The fourth-order valence-corrected chi connectivity index (χ4v) is 2.71. The van der Waals surface area contributed by atoms with Gasteiger partial charge in [-0.15, -0.1) is 0 Å². The minimum atomic E-state index is -0.385. The molecule has 0 heterocycles. The van der Waals surface area contributed by atoms with E-state index >= 15 is 0 Å². The Balaban J connectivity index is 1.70. The molecule has 0 saturated heterocycles. The number of urea groups is 1. The van der Waals surface area contributed by atoms with Gasteiger partial charge in [-0.2, -0.15) is 0 Å². The minimum Gasteiger partial charge on any atom is -0.496 e. The number of ether oxygens (including phenoxy) is 1. The molecule has 28 heavy (non-hydrogen) atoms. The number of hydrogen-bond donors (Lipinski definition) is 3. The summed E-state index contributed by atoms with van der Waals surface area (Å²) >= 11 is 0. The summed E-state index contributed by atoms with van der Waals surface area (Å²) in [6, 6.07) is 10.6. The molecule has 1 unspecified atom stereocenters. The number of hydrogen-bond acceptors (Lipinski definition) is 3. The first-order chi connectivity index (χ1) is 13.4. The van der Waals surface area contributed by atoms with Crippen LogP contribution in [0.25, 0.3) is 0 Å². The molecule has 0 aromatic heterocycles. The fraction of sp³-hybridized carbons (Fsp3) is 0.333. The Bertz CT molecular complexity index is 809. The van der Waals surface area contributed by atoms with Crippen molar-refractivity contribution in [1.82, 2.24) is 16.0 Å². The number of methoxy groups -OCH3 is 1. The van der Waals surface area contributed by atoms with Crippen LogP contribution in [-0.2, 0) is 0 Å². The number of benzene rings is 2. The minimum absolute atomic E-state index is 0.215. The average molecular weight is 387 g/mol. The predicted octanol–water partition coefficient (Wildman–Crippen LogP) is 3.32. The molecule has 0 aliphatic heterocycles. The SMILES string of the molecule is COc1ccc(C)cc1C(C)NC(=O)NCCCNC(=O)c1ccc(F)cc1. The van der Waals surface area contributed by atoms with Gasteiger partial charge in [0.2, 0.25) is 0 Å². The van der Waals surface area contributed by atoms with Gasteiger partial charge >= 0.3 is 6.03 Å². The number of aryl methyl sites for hydroxylation is 1. The van der Waals surface area contributed by atoms with Crippen LogP contribution in [-0.4, -0.2) is 32.1 Å². The Hall–Kier alpha value is -3.09. The molecule has 3 N–H and O–H groups in total. The number of rotatable bonds is 8. The predicted molar refractivity (Wildman–Crippen MR) is 106 cm³/mol. The van der Waals surface area contributed by atoms with Crippen molar-refractivity contribution in [2.45, 2.75) is 26.3 Å². The van der Waals surface area contributed by atoms with Crippen molar-refractivity contribution in [3.05, 3.63) is 65.0 Å². The van der Waals surface area contributed by atoms with Crippen LogP contribution in [0, 0.1) is 12.7 Å². The summed E-state index contributed by atoms with van der Waals surface area (Å²) in [5.41, 5.74) is 2.39. The van der Waals surface area contributed by atoms with E-state index < -0.39 is 0 Å². The molecule has 1 atom stereocenters. The maximum absolute atomic E-state index is 12.9. The second-order valence-electron chi connectivity index (χ2n) is 6.48. The molecule has 0 radical (unpaired) electrons. The Morgan fingerprint density at radius 1 is 1.07 bits per heavy atom. The fourth-order valence-electron chi connectivity index (χ4n) is 2.71. The molecule has 0 spiro atoms. The molecular weight excluding hydrogens is 361 g/mol. The van der Waals surface area contributed by atoms with Crippen LogP contribution in [0.3, 0.4) is 0 Å². The van der Waals surface area contributed by atoms with Crippen LogP contribution in [0.4, 0.5) is 9.18 Å². The quantitative estimate of drug-likeness (QED) is 0.608. The van der Waals surface area contributed by atoms with Gasteiger partial charge in [-0.05, 0) is 50.6 Å². The maximum atomic E-state index is 12.9. The zero-order valence-corrected chi connectivity index (χ0v) is 16.3. The molecule has 0 saturated carbocycles. The first-order valence-corrected chi connectivity index (χ1v) is 9.13. The first kappa shape index (κ1) is 21.2. The van der Waals surface area contributed by atoms with Crippen LogP contribution >= 0.6 is 0 Å². The third-order valence-electron chi connectivity index (χ3n) is 4.23. The summed E-state index contributed by atoms with van der Waals surface area (Å²) in [6.45, 7) is 4.68. The molecule has 0 aliphatic carbocycles. The van der Waals surface area contributed by atoms with Gasteiger partial charge in [-0.1, -0.05) is 17.7 Å². The van der Waals surface area contributed by atoms with E-state index in [0.29, 0.717) is 25.1 Å². The highest BCUT2D eigenvalue weighted by Crippen LogP contribution is 2.25. The van der Waals surface area contributed by atoms with Gasteiger partial charge in [0.25, 0.3) is 5.91 Å². The molecule has 2 rings (SSSR count). The third-order valence-corrected chi connectivity index (χ3v) is 4.23. The highest BCUT2D eigenvalue weighted by molar-refractivity contribution is 5.94. The summed E-state index contributed by atoms with van der Waals surface area (Å²) in [5, 5.41) is 8.37. The van der Waals surface area contributed by atoms with E-state index in [1.165, 1.54) is 24.3 Å². The molecule has 0 aliphatic rings. The maximum Gasteiger partial charge on any atom is 0.315 e. The lowest BCUT2D eigenvalue weighted by Crippen LogP contribution is -2.38. The van der Waals surface area contributed by atoms with E-state index in [1.807, 2.05) is 32.0 Å². The summed E-state index contributed by atoms with van der Waals surface area (Å²) in [6.07, 6.45) is 0.572. The third kappa shape index (κ3) is 6.26. The van der Waals surface area contributed by atoms with Gasteiger partial charge in [0.1, 0.15) is 11.6 Å². The van der Waals surface area contributed by atoms with Gasteiger partial charge in [-0.25, -0.2) is 9.18 Å². The molecule has 3 amide bonds. The van der Waals surface area contributed by atoms with Crippen molar-refractivity contribution in [2.75, 3.05) is 20.2 Å². The molecule has 0 fully saturated rings. The second-order valence-corrected chi connectivity index (χ2v) is 6.48. The number of amides is 3. The lowest BCUT2D eigenvalue weighted by molar-refractivity contribution is 0.0953. The van der Waals surface area contributed by atoms with Crippen molar-refractivity contribution < 1.29 is 18.7 Å². The number of carbonyl (C=O) groups is 2. The zero-order valence-electron chi connectivity index (χ0n) is 16.3. The average Bonchev–Trinajstić information content (AvgIpc) is 2.68. The number of nitrogens with one attached hydrogen (secondary N) is 3. The van der Waals surface area contributed by atoms with E-state index in [0.717, 1.165) is 16.9 Å². The van der Waals surface area contributed by atoms with Crippen molar-refractivity contribution in [2.24, 2.45) is 0 Å². The van der Waals surface area contributed by atoms with E-state index in [4.69, 9.17) is 4.74 Å². The number of carbonyl (C=O) groups excluding carboxylic acids is 2. The monoisotopic (exact) mass is 387 g/mol. The standard InChI is InChI=1S/C21H26FN3O3/c1-14-5-10-19(28-3)18(13-14)15(2)25-21(27)24-12-4-11-23-20(26)16-6-8-17(22)9-7-16/h5-10,13,15H,4,11-12H2,1-3H3,(H,23,26)(H2,24,25,27). The second kappa shape index (κ2) is 10.3. The Morgan fingerprint density at radius 2 is 1.75 bits per heavy atom. The normalized spacial score (nSPS) is 11.4. The largest absolute Gasteiger partial charge is 0.496 e. The van der Waals surface area contributed by atoms with E-state index in [-0.39, 0.29) is 23.8 Å². The van der Waals surface area contributed by atoms with E-state index in [9.17, 15) is 14.0 Å². The summed E-state index contributed by atoms with van der Waals surface area (Å²) in [4.78, 5) is 24.0. The topological polar surface area (TPSA) is 79.5 Å². The molecule has 2 aromatic rings. The van der Waals surface area contributed by atoms with Gasteiger partial charge in [-0.3, -0.25) is 4.79 Å². The van der Waals surface area contributed by atoms with E-state index in [2.05, 4.69) is 16.0 Å². The summed E-state index contributed by atoms with van der Waals surface area (Å²) in [5.74, 6) is 0.0656. The van der Waals surface area contributed by atoms with Crippen molar-refractivity contribution >= 4 is 11.9 Å². The van der Waals surface area contributed by atoms with Crippen LogP contribution in [0.1, 0.15) is 40.9 Å². The van der Waals surface area contributed by atoms with Gasteiger partial charge in [0, 0.05) is 24.2 Å². The van der Waals surface area contributed by atoms with Crippen molar-refractivity contribution in [3.63, 3.8) is 0 Å². The van der Waals surface area contributed by atoms with E-state index in [1.54, 1.807) is 7.11 Å². The summed E-state index contributed by atoms with van der Waals surface area (Å²) < 4.78 is 18.2. The smallest absolute Gasteiger partial charge is 0.315 e. The van der Waals surface area contributed by atoms with Gasteiger partial charge in [0.05, 0.1) is 13.2 Å². The Morgan fingerprint density at radius 3 is 2.43 bits per heavy atom. The van der Waals surface area contributed by atoms with Gasteiger partial charge < -0.3 is 20.7 Å². The number of halogens is 1. The van der Waals surface area contributed by atoms with Gasteiger partial charge in [0.15, 0.2) is 0 Å². The first-order valence-electron chi connectivity index (χ1n) is 9.13. The van der Waals surface area contributed by atoms with Crippen molar-refractivity contribution in [3.8, 4) is 5.75 Å². The highest BCUT2D eigenvalue weighted by atomic mass is 19.1. The molecule has 150 valence electrons. The van der Waals surface area contributed by atoms with Crippen LogP contribution in [0.15, 0.2) is 42.5 Å². The summed E-state index contributed by atoms with van der Waals surface area (Å²) in [7, 11) is 1.60. The molecule has 0 bridgehead atoms. The van der Waals surface area contributed by atoms with Crippen LogP contribution in [0.2, 0.25) is 0 Å². The lowest BCUT2D eigenvalue weighted by atomic mass is 10.0. The molecular formula is C21H26FN3O3. The molecule has 2 aromatic carbocycles. The van der Waals surface area contributed by atoms with Crippen LogP contribution in [0.5, 0.6) is 5.75 Å². The highest BCUT2D eigenvalue weighted by Gasteiger charge is 2.14. The van der Waals surface area contributed by atoms with Crippen molar-refractivity contribution in [1.29, 1.82) is 0 Å².